The van der Waals surface area contributed by atoms with Gasteiger partial charge in [0.05, 0.1) is 22.7 Å². The molecule has 2 aromatic carbocycles. The van der Waals surface area contributed by atoms with Gasteiger partial charge < -0.3 is 14.8 Å². The third kappa shape index (κ3) is 4.70. The van der Waals surface area contributed by atoms with Gasteiger partial charge in [-0.1, -0.05) is 6.07 Å². The minimum Gasteiger partial charge on any atom is -0.490 e. The smallest absolute Gasteiger partial charge is 0.262 e. The first-order valence-corrected chi connectivity index (χ1v) is 7.87. The molecule has 0 aromatic heterocycles. The zero-order chi connectivity index (χ0) is 17.5. The Bertz CT molecular complexity index is 790. The molecule has 0 saturated carbocycles. The Kier molecular flexibility index (Phi) is 6.15. The fourth-order valence-electron chi connectivity index (χ4n) is 1.94. The maximum absolute atomic E-state index is 13.1. The van der Waals surface area contributed by atoms with Gasteiger partial charge in [0.25, 0.3) is 5.91 Å². The van der Waals surface area contributed by atoms with Crippen molar-refractivity contribution < 1.29 is 18.7 Å². The number of hydrogen-bond acceptors (Lipinski definition) is 4. The Labute approximate surface area is 147 Å². The lowest BCUT2D eigenvalue weighted by Crippen LogP contribution is -2.20. The van der Waals surface area contributed by atoms with Crippen molar-refractivity contribution in [1.29, 1.82) is 5.26 Å². The predicted octanol–water partition coefficient (Wildman–Crippen LogP) is 3.88. The van der Waals surface area contributed by atoms with E-state index in [0.29, 0.717) is 33.8 Å². The van der Waals surface area contributed by atoms with E-state index >= 15 is 0 Å². The van der Waals surface area contributed by atoms with E-state index in [1.54, 1.807) is 19.1 Å². The Balaban J connectivity index is 2.08. The first kappa shape index (κ1) is 17.8. The van der Waals surface area contributed by atoms with Crippen LogP contribution in [0.1, 0.15) is 12.5 Å². The molecule has 2 rings (SSSR count). The van der Waals surface area contributed by atoms with Gasteiger partial charge in [0.15, 0.2) is 18.1 Å². The molecule has 0 fully saturated rings. The third-order valence-corrected chi connectivity index (χ3v) is 3.48. The zero-order valence-corrected chi connectivity index (χ0v) is 14.4. The van der Waals surface area contributed by atoms with Crippen LogP contribution >= 0.6 is 15.9 Å². The van der Waals surface area contributed by atoms with Gasteiger partial charge in [-0.2, -0.15) is 5.26 Å². The Morgan fingerprint density at radius 2 is 2.12 bits per heavy atom. The van der Waals surface area contributed by atoms with Gasteiger partial charge >= 0.3 is 0 Å². The van der Waals surface area contributed by atoms with Crippen LogP contribution in [0.15, 0.2) is 40.9 Å². The number of nitrogens with one attached hydrogen (secondary N) is 1. The van der Waals surface area contributed by atoms with E-state index in [9.17, 15) is 9.18 Å². The molecule has 24 heavy (non-hydrogen) atoms. The Hall–Kier alpha value is -2.59. The van der Waals surface area contributed by atoms with Crippen molar-refractivity contribution in [2.45, 2.75) is 6.92 Å². The number of hydrogen-bond donors (Lipinski definition) is 1. The minimum absolute atomic E-state index is 0.291. The van der Waals surface area contributed by atoms with Crippen LogP contribution in [0.2, 0.25) is 0 Å². The van der Waals surface area contributed by atoms with Crippen molar-refractivity contribution >= 4 is 27.5 Å². The molecule has 0 aliphatic heterocycles. The highest BCUT2D eigenvalue weighted by Gasteiger charge is 2.14. The molecule has 0 aliphatic carbocycles. The van der Waals surface area contributed by atoms with E-state index in [4.69, 9.17) is 14.7 Å². The molecule has 7 heteroatoms. The summed E-state index contributed by atoms with van der Waals surface area (Å²) < 4.78 is 24.5. The van der Waals surface area contributed by atoms with Crippen molar-refractivity contribution in [3.8, 4) is 17.6 Å². The maximum Gasteiger partial charge on any atom is 0.262 e. The molecule has 0 atom stereocenters. The first-order chi connectivity index (χ1) is 11.5. The van der Waals surface area contributed by atoms with Crippen molar-refractivity contribution in [3.63, 3.8) is 0 Å². The standard InChI is InChI=1S/C17H14BrFN2O3/c1-2-23-15-7-11(9-20)6-14(18)17(15)24-10-16(22)21-13-5-3-4-12(19)8-13/h3-8H,2,10H2,1H3,(H,21,22). The topological polar surface area (TPSA) is 71.3 Å². The molecule has 0 saturated heterocycles. The second-order valence-electron chi connectivity index (χ2n) is 4.68. The molecule has 0 spiro atoms. The number of nitrogens with zero attached hydrogens (tertiary/aromatic N) is 1. The Morgan fingerprint density at radius 3 is 2.79 bits per heavy atom. The highest BCUT2D eigenvalue weighted by atomic mass is 79.9. The van der Waals surface area contributed by atoms with Gasteiger partial charge in [0, 0.05) is 11.8 Å². The zero-order valence-electron chi connectivity index (χ0n) is 12.8. The molecule has 0 unspecified atom stereocenters. The average molecular weight is 393 g/mol. The lowest BCUT2D eigenvalue weighted by molar-refractivity contribution is -0.118. The number of carbonyl (C=O) groups excluding carboxylic acids is 1. The number of carbonyl (C=O) groups is 1. The molecule has 124 valence electrons. The van der Waals surface area contributed by atoms with Crippen LogP contribution in [-0.2, 0) is 4.79 Å². The van der Waals surface area contributed by atoms with Crippen LogP contribution in [0.4, 0.5) is 10.1 Å². The first-order valence-electron chi connectivity index (χ1n) is 7.08. The fraction of sp³-hybridized carbons (Fsp3) is 0.176. The minimum atomic E-state index is -0.445. The second-order valence-corrected chi connectivity index (χ2v) is 5.53. The molecular formula is C17H14BrFN2O3. The maximum atomic E-state index is 13.1. The normalized spacial score (nSPS) is 9.92. The summed E-state index contributed by atoms with van der Waals surface area (Å²) in [5, 5.41) is 11.5. The third-order valence-electron chi connectivity index (χ3n) is 2.89. The largest absolute Gasteiger partial charge is 0.490 e. The SMILES string of the molecule is CCOc1cc(C#N)cc(Br)c1OCC(=O)Nc1cccc(F)c1. The lowest BCUT2D eigenvalue weighted by Gasteiger charge is -2.14. The number of amides is 1. The van der Waals surface area contributed by atoms with E-state index in [-0.39, 0.29) is 6.61 Å². The van der Waals surface area contributed by atoms with Crippen molar-refractivity contribution in [3.05, 3.63) is 52.3 Å². The average Bonchev–Trinajstić information content (AvgIpc) is 2.54. The number of ether oxygens (including phenoxy) is 2. The van der Waals surface area contributed by atoms with Gasteiger partial charge in [0.1, 0.15) is 5.82 Å². The predicted molar refractivity (Wildman–Crippen MR) is 90.6 cm³/mol. The van der Waals surface area contributed by atoms with Crippen molar-refractivity contribution in [2.24, 2.45) is 0 Å². The van der Waals surface area contributed by atoms with Crippen LogP contribution in [0.5, 0.6) is 11.5 Å². The van der Waals surface area contributed by atoms with Gasteiger partial charge in [0.2, 0.25) is 0 Å². The molecular weight excluding hydrogens is 379 g/mol. The van der Waals surface area contributed by atoms with Crippen molar-refractivity contribution in [1.82, 2.24) is 0 Å². The number of anilines is 1. The van der Waals surface area contributed by atoms with Gasteiger partial charge in [-0.15, -0.1) is 0 Å². The summed E-state index contributed by atoms with van der Waals surface area (Å²) in [5.74, 6) is -0.200. The number of nitriles is 1. The van der Waals surface area contributed by atoms with E-state index in [2.05, 4.69) is 21.2 Å². The summed E-state index contributed by atoms with van der Waals surface area (Å²) in [5.41, 5.74) is 0.745. The molecule has 0 radical (unpaired) electrons. The summed E-state index contributed by atoms with van der Waals surface area (Å²) >= 11 is 3.30. The van der Waals surface area contributed by atoms with Gasteiger partial charge in [-0.25, -0.2) is 4.39 Å². The molecule has 1 amide bonds. The van der Waals surface area contributed by atoms with Gasteiger partial charge in [-0.3, -0.25) is 4.79 Å². The Morgan fingerprint density at radius 1 is 1.33 bits per heavy atom. The van der Waals surface area contributed by atoms with Crippen molar-refractivity contribution in [2.75, 3.05) is 18.5 Å². The summed E-state index contributed by atoms with van der Waals surface area (Å²) in [4.78, 5) is 11.9. The number of benzene rings is 2. The molecule has 0 bridgehead atoms. The van der Waals surface area contributed by atoms with Crippen LogP contribution in [-0.4, -0.2) is 19.1 Å². The van der Waals surface area contributed by atoms with E-state index in [1.807, 2.05) is 6.07 Å². The lowest BCUT2D eigenvalue weighted by atomic mass is 10.2. The van der Waals surface area contributed by atoms with Gasteiger partial charge in [-0.05, 0) is 47.1 Å². The fourth-order valence-corrected chi connectivity index (χ4v) is 2.49. The van der Waals surface area contributed by atoms with Crippen LogP contribution < -0.4 is 14.8 Å². The van der Waals surface area contributed by atoms with Crippen LogP contribution in [0, 0.1) is 17.1 Å². The van der Waals surface area contributed by atoms with Crippen LogP contribution in [0.3, 0.4) is 0 Å². The summed E-state index contributed by atoms with van der Waals surface area (Å²) in [6, 6.07) is 10.7. The molecule has 2 aromatic rings. The number of halogens is 2. The van der Waals surface area contributed by atoms with E-state index in [0.717, 1.165) is 0 Å². The quantitative estimate of drug-likeness (QED) is 0.809. The van der Waals surface area contributed by atoms with E-state index < -0.39 is 11.7 Å². The highest BCUT2D eigenvalue weighted by molar-refractivity contribution is 9.10. The summed E-state index contributed by atoms with van der Waals surface area (Å²) in [7, 11) is 0. The second kappa shape index (κ2) is 8.31. The summed E-state index contributed by atoms with van der Waals surface area (Å²) in [6.07, 6.45) is 0. The van der Waals surface area contributed by atoms with E-state index in [1.165, 1.54) is 24.3 Å². The monoisotopic (exact) mass is 392 g/mol. The number of rotatable bonds is 6. The van der Waals surface area contributed by atoms with Crippen LogP contribution in [0.25, 0.3) is 0 Å². The summed E-state index contributed by atoms with van der Waals surface area (Å²) in [6.45, 7) is 1.89. The molecule has 0 aliphatic rings. The molecule has 5 nitrogen and oxygen atoms in total. The molecule has 1 N–H and O–H groups in total. The molecule has 0 heterocycles. The highest BCUT2D eigenvalue weighted by Crippen LogP contribution is 2.36.